The highest BCUT2D eigenvalue weighted by atomic mass is 32.1. The average Bonchev–Trinajstić information content (AvgIpc) is 2.92. The van der Waals surface area contributed by atoms with Crippen LogP contribution in [-0.4, -0.2) is 41.0 Å². The first kappa shape index (κ1) is 13.5. The van der Waals surface area contributed by atoms with E-state index >= 15 is 0 Å². The molecule has 0 saturated carbocycles. The fraction of sp³-hybridized carbons (Fsp3) is 0.333. The molecule has 0 aliphatic carbocycles. The van der Waals surface area contributed by atoms with Crippen LogP contribution in [0.5, 0.6) is 0 Å². The van der Waals surface area contributed by atoms with Crippen molar-refractivity contribution in [1.82, 2.24) is 14.9 Å². The van der Waals surface area contributed by atoms with Crippen molar-refractivity contribution in [2.24, 2.45) is 5.41 Å². The van der Waals surface area contributed by atoms with Gasteiger partial charge in [-0.3, -0.25) is 4.90 Å². The van der Waals surface area contributed by atoms with Gasteiger partial charge in [0.2, 0.25) is 0 Å². The fourth-order valence-electron chi connectivity index (χ4n) is 3.85. The highest BCUT2D eigenvalue weighted by Crippen LogP contribution is 2.43. The third kappa shape index (κ3) is 2.31. The highest BCUT2D eigenvalue weighted by Gasteiger charge is 2.52. The predicted molar refractivity (Wildman–Crippen MR) is 93.8 cm³/mol. The normalized spacial score (nSPS) is 19.7. The number of pyridine rings is 1. The van der Waals surface area contributed by atoms with Crippen LogP contribution in [0.3, 0.4) is 0 Å². The molecule has 2 aliphatic heterocycles. The number of thiazole rings is 1. The van der Waals surface area contributed by atoms with Crippen LogP contribution in [0.2, 0.25) is 0 Å². The van der Waals surface area contributed by atoms with E-state index in [1.807, 2.05) is 12.3 Å². The summed E-state index contributed by atoms with van der Waals surface area (Å²) < 4.78 is 1.18. The summed E-state index contributed by atoms with van der Waals surface area (Å²) in [7, 11) is 0. The van der Waals surface area contributed by atoms with Crippen LogP contribution >= 0.6 is 11.3 Å². The Morgan fingerprint density at radius 3 is 2.61 bits per heavy atom. The summed E-state index contributed by atoms with van der Waals surface area (Å²) in [6.45, 7) is 5.77. The molecule has 0 amide bonds. The van der Waals surface area contributed by atoms with Crippen molar-refractivity contribution < 1.29 is 0 Å². The molecular formula is C18H18N4S. The lowest BCUT2D eigenvalue weighted by atomic mass is 9.73. The van der Waals surface area contributed by atoms with Gasteiger partial charge in [-0.2, -0.15) is 4.98 Å². The lowest BCUT2D eigenvalue weighted by Gasteiger charge is -2.60. The quantitative estimate of drug-likeness (QED) is 0.742. The molecule has 4 heterocycles. The minimum Gasteiger partial charge on any atom is -0.347 e. The molecule has 1 aromatic carbocycles. The van der Waals surface area contributed by atoms with Crippen LogP contribution in [0.15, 0.2) is 48.7 Å². The first-order chi connectivity index (χ1) is 11.3. The van der Waals surface area contributed by atoms with Gasteiger partial charge in [0.25, 0.3) is 0 Å². The summed E-state index contributed by atoms with van der Waals surface area (Å²) in [5.74, 6) is 0. The van der Waals surface area contributed by atoms with Crippen LogP contribution in [0.25, 0.3) is 10.3 Å². The molecule has 0 radical (unpaired) electrons. The number of hydrogen-bond donors (Lipinski definition) is 0. The summed E-state index contributed by atoms with van der Waals surface area (Å²) >= 11 is 1.76. The zero-order valence-electron chi connectivity index (χ0n) is 12.9. The molecule has 3 aromatic rings. The number of rotatable bonds is 3. The summed E-state index contributed by atoms with van der Waals surface area (Å²) in [6.07, 6.45) is 1.82. The van der Waals surface area contributed by atoms with Gasteiger partial charge in [0.15, 0.2) is 10.8 Å². The Balaban J connectivity index is 1.21. The zero-order valence-corrected chi connectivity index (χ0v) is 13.7. The number of likely N-dealkylation sites (tertiary alicyclic amines) is 1. The lowest BCUT2D eigenvalue weighted by Crippen LogP contribution is -2.71. The second kappa shape index (κ2) is 5.01. The second-order valence-electron chi connectivity index (χ2n) is 6.81. The monoisotopic (exact) mass is 322 g/mol. The first-order valence-corrected chi connectivity index (χ1v) is 8.84. The Hall–Kier alpha value is -1.98. The molecular weight excluding hydrogens is 304 g/mol. The van der Waals surface area contributed by atoms with Gasteiger partial charge in [0.1, 0.15) is 0 Å². The number of aromatic nitrogens is 2. The molecule has 5 rings (SSSR count). The number of nitrogens with zero attached hydrogens (tertiary/aromatic N) is 4. The predicted octanol–water partition coefficient (Wildman–Crippen LogP) is 3.01. The van der Waals surface area contributed by atoms with E-state index in [0.29, 0.717) is 5.41 Å². The van der Waals surface area contributed by atoms with Crippen LogP contribution in [0, 0.1) is 5.41 Å². The maximum absolute atomic E-state index is 4.67. The molecule has 2 aromatic heterocycles. The standard InChI is InChI=1S/C18H18N4S/c1-2-5-14(6-3-1)9-21-10-18(11-21)12-22(13-18)17-20-16-15(23-17)7-4-8-19-16/h1-8H,9-13H2. The Morgan fingerprint density at radius 1 is 1.00 bits per heavy atom. The van der Waals surface area contributed by atoms with E-state index in [2.05, 4.69) is 56.2 Å². The van der Waals surface area contributed by atoms with Crippen LogP contribution in [-0.2, 0) is 6.54 Å². The van der Waals surface area contributed by atoms with Crippen LogP contribution in [0.1, 0.15) is 5.56 Å². The summed E-state index contributed by atoms with van der Waals surface area (Å²) in [6, 6.07) is 14.8. The lowest BCUT2D eigenvalue weighted by molar-refractivity contribution is -0.0273. The van der Waals surface area contributed by atoms with Gasteiger partial charge in [0, 0.05) is 44.3 Å². The highest BCUT2D eigenvalue weighted by molar-refractivity contribution is 7.22. The van der Waals surface area contributed by atoms with E-state index in [1.54, 1.807) is 11.3 Å². The van der Waals surface area contributed by atoms with E-state index in [9.17, 15) is 0 Å². The summed E-state index contributed by atoms with van der Waals surface area (Å²) in [5, 5.41) is 1.13. The molecule has 0 atom stereocenters. The van der Waals surface area contributed by atoms with E-state index in [-0.39, 0.29) is 0 Å². The molecule has 1 spiro atoms. The van der Waals surface area contributed by atoms with Crippen molar-refractivity contribution in [2.45, 2.75) is 6.54 Å². The van der Waals surface area contributed by atoms with E-state index < -0.39 is 0 Å². The van der Waals surface area contributed by atoms with Gasteiger partial charge >= 0.3 is 0 Å². The van der Waals surface area contributed by atoms with Gasteiger partial charge < -0.3 is 4.90 Å². The zero-order chi connectivity index (χ0) is 15.3. The fourth-order valence-corrected chi connectivity index (χ4v) is 4.77. The largest absolute Gasteiger partial charge is 0.347 e. The second-order valence-corrected chi connectivity index (χ2v) is 7.82. The Kier molecular flexibility index (Phi) is 2.93. The van der Waals surface area contributed by atoms with E-state index in [0.717, 1.165) is 30.4 Å². The minimum absolute atomic E-state index is 0.500. The van der Waals surface area contributed by atoms with Gasteiger partial charge in [0.05, 0.1) is 4.70 Å². The van der Waals surface area contributed by atoms with Crippen molar-refractivity contribution in [1.29, 1.82) is 0 Å². The van der Waals surface area contributed by atoms with Gasteiger partial charge in [-0.1, -0.05) is 41.7 Å². The molecule has 5 heteroatoms. The Labute approximate surface area is 139 Å². The molecule has 23 heavy (non-hydrogen) atoms. The molecule has 0 bridgehead atoms. The average molecular weight is 322 g/mol. The van der Waals surface area contributed by atoms with Crippen LogP contribution < -0.4 is 4.90 Å². The van der Waals surface area contributed by atoms with Crippen LogP contribution in [0.4, 0.5) is 5.13 Å². The van der Waals surface area contributed by atoms with Gasteiger partial charge in [-0.05, 0) is 17.7 Å². The SMILES string of the molecule is c1ccc(CN2CC3(C2)CN(c2nc4ncccc4s2)C3)cc1. The van der Waals surface area contributed by atoms with Crippen molar-refractivity contribution in [3.8, 4) is 0 Å². The van der Waals surface area contributed by atoms with E-state index in [1.165, 1.54) is 23.4 Å². The summed E-state index contributed by atoms with van der Waals surface area (Å²) in [5.41, 5.74) is 2.80. The van der Waals surface area contributed by atoms with Gasteiger partial charge in [-0.25, -0.2) is 4.98 Å². The Bertz CT molecular complexity index is 797. The molecule has 2 aliphatic rings. The number of anilines is 1. The van der Waals surface area contributed by atoms with Crippen molar-refractivity contribution in [2.75, 3.05) is 31.1 Å². The van der Waals surface area contributed by atoms with Crippen molar-refractivity contribution >= 4 is 26.8 Å². The molecule has 0 N–H and O–H groups in total. The number of fused-ring (bicyclic) bond motifs is 1. The summed E-state index contributed by atoms with van der Waals surface area (Å²) in [4.78, 5) is 14.0. The smallest absolute Gasteiger partial charge is 0.188 e. The molecule has 116 valence electrons. The number of benzene rings is 1. The van der Waals surface area contributed by atoms with Crippen molar-refractivity contribution in [3.63, 3.8) is 0 Å². The van der Waals surface area contributed by atoms with Gasteiger partial charge in [-0.15, -0.1) is 0 Å². The first-order valence-electron chi connectivity index (χ1n) is 8.03. The molecule has 2 saturated heterocycles. The van der Waals surface area contributed by atoms with Crippen molar-refractivity contribution in [3.05, 3.63) is 54.2 Å². The number of hydrogen-bond acceptors (Lipinski definition) is 5. The minimum atomic E-state index is 0.500. The Morgan fingerprint density at radius 2 is 1.83 bits per heavy atom. The maximum atomic E-state index is 4.67. The topological polar surface area (TPSA) is 32.3 Å². The molecule has 2 fully saturated rings. The third-order valence-electron chi connectivity index (χ3n) is 4.84. The molecule has 0 unspecified atom stereocenters. The molecule has 4 nitrogen and oxygen atoms in total. The van der Waals surface area contributed by atoms with E-state index in [4.69, 9.17) is 0 Å². The third-order valence-corrected chi connectivity index (χ3v) is 5.91. The maximum Gasteiger partial charge on any atom is 0.188 e.